The number of hydrogen-bond acceptors (Lipinski definition) is 10. The average Bonchev–Trinajstić information content (AvgIpc) is 3.58. The van der Waals surface area contributed by atoms with E-state index in [9.17, 15) is 14.4 Å². The number of aryl methyl sites for hydroxylation is 1. The first-order chi connectivity index (χ1) is 18.4. The molecule has 3 heterocycles. The highest BCUT2D eigenvalue weighted by Gasteiger charge is 2.28. The fraction of sp³-hybridized carbons (Fsp3) is 0.423. The predicted octanol–water partition coefficient (Wildman–Crippen LogP) is 5.53. The van der Waals surface area contributed by atoms with Crippen molar-refractivity contribution < 1.29 is 23.9 Å². The van der Waals surface area contributed by atoms with Gasteiger partial charge in [0.2, 0.25) is 5.91 Å². The van der Waals surface area contributed by atoms with E-state index < -0.39 is 11.9 Å². The molecule has 0 fully saturated rings. The van der Waals surface area contributed by atoms with Crippen LogP contribution in [0.5, 0.6) is 0 Å². The molecule has 0 unspecified atom stereocenters. The van der Waals surface area contributed by atoms with Crippen LogP contribution in [0.25, 0.3) is 11.4 Å². The molecular formula is C26H30N4O5S3. The molecule has 0 atom stereocenters. The Balaban J connectivity index is 1.53. The molecule has 0 aromatic carbocycles. The Morgan fingerprint density at radius 3 is 2.63 bits per heavy atom. The minimum Gasteiger partial charge on any atom is -0.462 e. The molecule has 0 bridgehead atoms. The Bertz CT molecular complexity index is 1360. The Morgan fingerprint density at radius 1 is 1.16 bits per heavy atom. The van der Waals surface area contributed by atoms with E-state index in [1.165, 1.54) is 35.0 Å². The molecular weight excluding hydrogens is 545 g/mol. The maximum atomic E-state index is 13.0. The maximum Gasteiger partial charge on any atom is 0.348 e. The van der Waals surface area contributed by atoms with Crippen LogP contribution in [-0.2, 0) is 33.7 Å². The average molecular weight is 575 g/mol. The van der Waals surface area contributed by atoms with Gasteiger partial charge in [-0.1, -0.05) is 17.8 Å². The fourth-order valence-electron chi connectivity index (χ4n) is 4.30. The molecule has 0 spiro atoms. The van der Waals surface area contributed by atoms with Crippen molar-refractivity contribution in [1.82, 2.24) is 14.8 Å². The van der Waals surface area contributed by atoms with Gasteiger partial charge in [0.05, 0.1) is 24.5 Å². The number of thioether (sulfide) groups is 1. The van der Waals surface area contributed by atoms with E-state index in [1.807, 2.05) is 4.57 Å². The number of rotatable bonds is 11. The summed E-state index contributed by atoms with van der Waals surface area (Å²) in [4.78, 5) is 39.6. The molecule has 38 heavy (non-hydrogen) atoms. The second-order valence-corrected chi connectivity index (χ2v) is 11.4. The lowest BCUT2D eigenvalue weighted by atomic mass is 9.95. The van der Waals surface area contributed by atoms with Crippen molar-refractivity contribution in [2.24, 2.45) is 0 Å². The second kappa shape index (κ2) is 12.7. The number of ether oxygens (including phenoxy) is 2. The van der Waals surface area contributed by atoms with Crippen molar-refractivity contribution in [2.75, 3.05) is 24.3 Å². The van der Waals surface area contributed by atoms with Crippen LogP contribution in [-0.4, -0.2) is 51.6 Å². The van der Waals surface area contributed by atoms with Crippen LogP contribution in [0.4, 0.5) is 5.00 Å². The molecule has 3 aromatic heterocycles. The van der Waals surface area contributed by atoms with E-state index in [0.29, 0.717) is 17.3 Å². The summed E-state index contributed by atoms with van der Waals surface area (Å²) >= 11 is 4.02. The maximum absolute atomic E-state index is 13.0. The molecule has 1 aliphatic carbocycles. The molecule has 0 saturated heterocycles. The van der Waals surface area contributed by atoms with Crippen molar-refractivity contribution in [3.63, 3.8) is 0 Å². The van der Waals surface area contributed by atoms with Crippen LogP contribution in [0.1, 0.15) is 62.7 Å². The number of carbonyl (C=O) groups is 3. The molecule has 9 nitrogen and oxygen atoms in total. The third kappa shape index (κ3) is 5.87. The Hall–Kier alpha value is -2.96. The van der Waals surface area contributed by atoms with Gasteiger partial charge in [-0.3, -0.25) is 9.36 Å². The van der Waals surface area contributed by atoms with Crippen LogP contribution in [0.2, 0.25) is 0 Å². The lowest BCUT2D eigenvalue weighted by Crippen LogP contribution is -2.17. The van der Waals surface area contributed by atoms with Crippen molar-refractivity contribution in [1.29, 1.82) is 0 Å². The van der Waals surface area contributed by atoms with Gasteiger partial charge in [-0.2, -0.15) is 0 Å². The molecule has 0 saturated carbocycles. The van der Waals surface area contributed by atoms with Gasteiger partial charge in [0.1, 0.15) is 9.88 Å². The minimum absolute atomic E-state index is 0.0327. The summed E-state index contributed by atoms with van der Waals surface area (Å²) in [5, 5.41) is 14.6. The first-order valence-electron chi connectivity index (χ1n) is 12.4. The number of amides is 1. The number of nitrogens with zero attached hydrogens (tertiary/aromatic N) is 3. The Kier molecular flexibility index (Phi) is 9.40. The zero-order valence-corrected chi connectivity index (χ0v) is 24.1. The summed E-state index contributed by atoms with van der Waals surface area (Å²) in [5.41, 5.74) is 3.04. The van der Waals surface area contributed by atoms with E-state index in [4.69, 9.17) is 9.47 Å². The molecule has 0 aliphatic heterocycles. The lowest BCUT2D eigenvalue weighted by Gasteiger charge is -2.13. The SMILES string of the molecule is C=CCn1c(SCC(=O)Nc2sc(C(=O)OCC)c(C)c2C(=O)OCC)nnc1-c1csc2c1CCCC2. The number of carbonyl (C=O) groups excluding carboxylic acids is 3. The molecule has 12 heteroatoms. The van der Waals surface area contributed by atoms with E-state index >= 15 is 0 Å². The summed E-state index contributed by atoms with van der Waals surface area (Å²) in [6, 6.07) is 0. The van der Waals surface area contributed by atoms with Gasteiger partial charge in [0.25, 0.3) is 0 Å². The number of allylic oxidation sites excluding steroid dienone is 1. The highest BCUT2D eigenvalue weighted by atomic mass is 32.2. The van der Waals surface area contributed by atoms with Gasteiger partial charge < -0.3 is 14.8 Å². The molecule has 202 valence electrons. The van der Waals surface area contributed by atoms with E-state index in [0.717, 1.165) is 35.6 Å². The van der Waals surface area contributed by atoms with Gasteiger partial charge in [-0.05, 0) is 57.6 Å². The molecule has 0 radical (unpaired) electrons. The van der Waals surface area contributed by atoms with Gasteiger partial charge in [0, 0.05) is 22.4 Å². The fourth-order valence-corrected chi connectivity index (χ4v) is 7.28. The van der Waals surface area contributed by atoms with Crippen molar-refractivity contribution >= 4 is 57.3 Å². The highest BCUT2D eigenvalue weighted by Crippen LogP contribution is 2.37. The van der Waals surface area contributed by atoms with Crippen molar-refractivity contribution in [3.05, 3.63) is 44.5 Å². The summed E-state index contributed by atoms with van der Waals surface area (Å²) in [6.45, 7) is 9.79. The van der Waals surface area contributed by atoms with Crippen LogP contribution in [0.3, 0.4) is 0 Å². The summed E-state index contributed by atoms with van der Waals surface area (Å²) < 4.78 is 12.2. The highest BCUT2D eigenvalue weighted by molar-refractivity contribution is 7.99. The number of fused-ring (bicyclic) bond motifs is 1. The molecule has 1 amide bonds. The van der Waals surface area contributed by atoms with E-state index in [1.54, 1.807) is 38.2 Å². The lowest BCUT2D eigenvalue weighted by molar-refractivity contribution is -0.113. The van der Waals surface area contributed by atoms with Gasteiger partial charge >= 0.3 is 11.9 Å². The molecule has 1 N–H and O–H groups in total. The Morgan fingerprint density at radius 2 is 1.89 bits per heavy atom. The third-order valence-corrected chi connectivity index (χ3v) is 9.25. The van der Waals surface area contributed by atoms with E-state index in [2.05, 4.69) is 27.5 Å². The Labute approximate surface area is 233 Å². The largest absolute Gasteiger partial charge is 0.462 e. The van der Waals surface area contributed by atoms with Gasteiger partial charge in [0.15, 0.2) is 11.0 Å². The molecule has 3 aromatic rings. The normalized spacial score (nSPS) is 12.6. The number of nitrogens with one attached hydrogen (secondary N) is 1. The van der Waals surface area contributed by atoms with Crippen LogP contribution >= 0.6 is 34.4 Å². The van der Waals surface area contributed by atoms with Crippen LogP contribution in [0.15, 0.2) is 23.2 Å². The summed E-state index contributed by atoms with van der Waals surface area (Å²) in [6.07, 6.45) is 6.31. The van der Waals surface area contributed by atoms with Crippen molar-refractivity contribution in [3.8, 4) is 11.4 Å². The molecule has 1 aliphatic rings. The number of esters is 2. The first-order valence-corrected chi connectivity index (χ1v) is 15.1. The zero-order valence-electron chi connectivity index (χ0n) is 21.6. The van der Waals surface area contributed by atoms with Gasteiger partial charge in [-0.15, -0.1) is 39.4 Å². The quantitative estimate of drug-likeness (QED) is 0.181. The standard InChI is InChI=1S/C26H30N4O5S3/c1-5-12-30-22(17-13-36-18-11-9-8-10-16(17)18)28-29-26(30)37-14-19(31)27-23-20(24(32)34-6-2)15(4)21(38-23)25(33)35-7-3/h5,13H,1,6-12,14H2,2-4H3,(H,27,31). The predicted molar refractivity (Wildman–Crippen MR) is 150 cm³/mol. The van der Waals surface area contributed by atoms with E-state index in [-0.39, 0.29) is 40.3 Å². The monoisotopic (exact) mass is 574 g/mol. The first kappa shape index (κ1) is 28.1. The molecule has 4 rings (SSSR count). The summed E-state index contributed by atoms with van der Waals surface area (Å²) in [5.74, 6) is -0.680. The van der Waals surface area contributed by atoms with Crippen LogP contribution < -0.4 is 5.32 Å². The number of anilines is 1. The third-order valence-electron chi connectivity index (χ3n) is 6.00. The number of hydrogen-bond donors (Lipinski definition) is 1. The topological polar surface area (TPSA) is 112 Å². The zero-order chi connectivity index (χ0) is 27.2. The number of aromatic nitrogens is 3. The summed E-state index contributed by atoms with van der Waals surface area (Å²) in [7, 11) is 0. The van der Waals surface area contributed by atoms with Crippen LogP contribution in [0, 0.1) is 6.92 Å². The van der Waals surface area contributed by atoms with Crippen molar-refractivity contribution in [2.45, 2.75) is 58.2 Å². The smallest absolute Gasteiger partial charge is 0.348 e. The minimum atomic E-state index is -0.603. The second-order valence-electron chi connectivity index (χ2n) is 8.50. The van der Waals surface area contributed by atoms with Gasteiger partial charge in [-0.25, -0.2) is 9.59 Å². The number of thiophene rings is 2.